The molecule has 1 heterocycles. The van der Waals surface area contributed by atoms with Crippen molar-refractivity contribution in [1.82, 2.24) is 4.31 Å². The highest BCUT2D eigenvalue weighted by atomic mass is 32.2. The van der Waals surface area contributed by atoms with E-state index in [0.717, 1.165) is 5.56 Å². The van der Waals surface area contributed by atoms with Gasteiger partial charge in [-0.3, -0.25) is 9.59 Å². The highest BCUT2D eigenvalue weighted by Crippen LogP contribution is 2.19. The highest BCUT2D eigenvalue weighted by Gasteiger charge is 2.27. The Balaban J connectivity index is 1.94. The number of ether oxygens (including phenoxy) is 1. The van der Waals surface area contributed by atoms with Crippen molar-refractivity contribution in [2.45, 2.75) is 5.75 Å². The maximum Gasteiger partial charge on any atom is 0.265 e. The molecular formula is C11H11NO3S. The summed E-state index contributed by atoms with van der Waals surface area (Å²) in [6.45, 7) is -0.0128. The summed E-state index contributed by atoms with van der Waals surface area (Å²) in [6, 6.07) is 9.71. The summed E-state index contributed by atoms with van der Waals surface area (Å²) in [7, 11) is 0. The number of imide groups is 1. The molecule has 1 fully saturated rings. The minimum Gasteiger partial charge on any atom is -0.362 e. The Morgan fingerprint density at radius 2 is 1.75 bits per heavy atom. The Hall–Kier alpha value is -1.33. The predicted molar refractivity (Wildman–Crippen MR) is 60.4 cm³/mol. The van der Waals surface area contributed by atoms with Crippen LogP contribution < -0.4 is 0 Å². The largest absolute Gasteiger partial charge is 0.362 e. The molecule has 0 unspecified atom stereocenters. The van der Waals surface area contributed by atoms with Gasteiger partial charge in [0.1, 0.15) is 13.2 Å². The van der Waals surface area contributed by atoms with E-state index >= 15 is 0 Å². The van der Waals surface area contributed by atoms with Crippen LogP contribution in [-0.4, -0.2) is 29.3 Å². The Labute approximate surface area is 97.7 Å². The third-order valence-corrected chi connectivity index (χ3v) is 3.24. The van der Waals surface area contributed by atoms with Gasteiger partial charge in [-0.2, -0.15) is 0 Å². The van der Waals surface area contributed by atoms with Crippen LogP contribution in [0.1, 0.15) is 5.56 Å². The fourth-order valence-corrected chi connectivity index (χ4v) is 2.20. The van der Waals surface area contributed by atoms with Crippen LogP contribution in [0, 0.1) is 0 Å². The van der Waals surface area contributed by atoms with Crippen LogP contribution in [0.25, 0.3) is 0 Å². The van der Waals surface area contributed by atoms with Gasteiger partial charge in [-0.05, 0) is 17.5 Å². The van der Waals surface area contributed by atoms with Gasteiger partial charge < -0.3 is 4.74 Å². The lowest BCUT2D eigenvalue weighted by molar-refractivity contribution is -0.150. The Kier molecular flexibility index (Phi) is 3.58. The third-order valence-electron chi connectivity index (χ3n) is 2.11. The van der Waals surface area contributed by atoms with Gasteiger partial charge in [0.25, 0.3) is 11.8 Å². The first-order chi connectivity index (χ1) is 7.77. The molecule has 16 heavy (non-hydrogen) atoms. The molecule has 0 radical (unpaired) electrons. The van der Waals surface area contributed by atoms with E-state index < -0.39 is 0 Å². The first-order valence-electron chi connectivity index (χ1n) is 4.88. The van der Waals surface area contributed by atoms with Crippen LogP contribution >= 0.6 is 11.9 Å². The lowest BCUT2D eigenvalue weighted by Crippen LogP contribution is -2.41. The molecule has 2 rings (SSSR count). The first kappa shape index (κ1) is 11.2. The fourth-order valence-electron chi connectivity index (χ4n) is 1.34. The number of nitrogens with zero attached hydrogens (tertiary/aromatic N) is 1. The second kappa shape index (κ2) is 5.14. The fraction of sp³-hybridized carbons (Fsp3) is 0.273. The monoisotopic (exact) mass is 237 g/mol. The number of benzene rings is 1. The summed E-state index contributed by atoms with van der Waals surface area (Å²) < 4.78 is 6.01. The summed E-state index contributed by atoms with van der Waals surface area (Å²) in [4.78, 5) is 22.8. The Bertz CT molecular complexity index is 377. The van der Waals surface area contributed by atoms with Gasteiger partial charge in [-0.1, -0.05) is 30.3 Å². The summed E-state index contributed by atoms with van der Waals surface area (Å²) in [5.41, 5.74) is 1.08. The van der Waals surface area contributed by atoms with E-state index in [9.17, 15) is 9.59 Å². The van der Waals surface area contributed by atoms with E-state index in [0.29, 0.717) is 5.75 Å². The summed E-state index contributed by atoms with van der Waals surface area (Å²) in [5, 5.41) is 0. The maximum absolute atomic E-state index is 11.4. The molecule has 0 bridgehead atoms. The lowest BCUT2D eigenvalue weighted by Gasteiger charge is -2.23. The molecule has 84 valence electrons. The van der Waals surface area contributed by atoms with Gasteiger partial charge in [0, 0.05) is 5.75 Å². The van der Waals surface area contributed by atoms with Crippen molar-refractivity contribution in [2.24, 2.45) is 0 Å². The van der Waals surface area contributed by atoms with Crippen molar-refractivity contribution in [3.63, 3.8) is 0 Å². The van der Waals surface area contributed by atoms with E-state index in [-0.39, 0.29) is 25.0 Å². The van der Waals surface area contributed by atoms with E-state index in [2.05, 4.69) is 0 Å². The van der Waals surface area contributed by atoms with Crippen molar-refractivity contribution in [1.29, 1.82) is 0 Å². The Morgan fingerprint density at radius 1 is 1.12 bits per heavy atom. The van der Waals surface area contributed by atoms with E-state index in [1.165, 1.54) is 16.3 Å². The average molecular weight is 237 g/mol. The topological polar surface area (TPSA) is 46.6 Å². The first-order valence-corrected chi connectivity index (χ1v) is 5.82. The molecule has 1 aromatic rings. The predicted octanol–water partition coefficient (Wildman–Crippen LogP) is 1.22. The van der Waals surface area contributed by atoms with Gasteiger partial charge in [0.05, 0.1) is 0 Å². The molecule has 1 aromatic carbocycles. The number of rotatable bonds is 3. The SMILES string of the molecule is O=C1COCC(=O)N1SCc1ccccc1. The number of amides is 2. The molecule has 0 aliphatic carbocycles. The Morgan fingerprint density at radius 3 is 2.38 bits per heavy atom. The van der Waals surface area contributed by atoms with Crippen LogP contribution in [0.3, 0.4) is 0 Å². The molecule has 0 atom stereocenters. The second-order valence-corrected chi connectivity index (χ2v) is 4.25. The number of morpholine rings is 1. The summed E-state index contributed by atoms with van der Waals surface area (Å²) in [5.74, 6) is 0.0487. The molecule has 1 saturated heterocycles. The zero-order valence-corrected chi connectivity index (χ0v) is 9.40. The normalized spacial score (nSPS) is 16.6. The van der Waals surface area contributed by atoms with Crippen molar-refractivity contribution >= 4 is 23.8 Å². The number of hydrogen-bond donors (Lipinski definition) is 0. The number of carbonyl (C=O) groups excluding carboxylic acids is 2. The maximum atomic E-state index is 11.4. The summed E-state index contributed by atoms with van der Waals surface area (Å²) in [6.07, 6.45) is 0. The van der Waals surface area contributed by atoms with Gasteiger partial charge in [0.15, 0.2) is 0 Å². The minimum absolute atomic E-state index is 0.00642. The van der Waals surface area contributed by atoms with Crippen LogP contribution in [0.15, 0.2) is 30.3 Å². The molecule has 5 heteroatoms. The second-order valence-electron chi connectivity index (χ2n) is 3.33. The van der Waals surface area contributed by atoms with Crippen molar-refractivity contribution < 1.29 is 14.3 Å². The lowest BCUT2D eigenvalue weighted by atomic mass is 10.2. The number of hydrogen-bond acceptors (Lipinski definition) is 4. The van der Waals surface area contributed by atoms with Gasteiger partial charge in [-0.25, -0.2) is 4.31 Å². The highest BCUT2D eigenvalue weighted by molar-refractivity contribution is 7.97. The molecule has 0 aromatic heterocycles. The van der Waals surface area contributed by atoms with E-state index in [1.807, 2.05) is 30.3 Å². The molecular weight excluding hydrogens is 226 g/mol. The molecule has 2 amide bonds. The smallest absolute Gasteiger partial charge is 0.265 e. The molecule has 0 saturated carbocycles. The zero-order chi connectivity index (χ0) is 11.4. The standard InChI is InChI=1S/C11H11NO3S/c13-10-6-15-7-11(14)12(10)16-8-9-4-2-1-3-5-9/h1-5H,6-8H2. The molecule has 1 aliphatic heterocycles. The van der Waals surface area contributed by atoms with Crippen molar-refractivity contribution in [2.75, 3.05) is 13.2 Å². The van der Waals surface area contributed by atoms with Crippen LogP contribution in [0.5, 0.6) is 0 Å². The van der Waals surface area contributed by atoms with Crippen molar-refractivity contribution in [3.8, 4) is 0 Å². The van der Waals surface area contributed by atoms with Crippen LogP contribution in [-0.2, 0) is 20.1 Å². The number of carbonyl (C=O) groups is 2. The van der Waals surface area contributed by atoms with Crippen LogP contribution in [0.4, 0.5) is 0 Å². The summed E-state index contributed by atoms with van der Waals surface area (Å²) >= 11 is 1.22. The van der Waals surface area contributed by atoms with Crippen molar-refractivity contribution in [3.05, 3.63) is 35.9 Å². The minimum atomic E-state index is -0.280. The molecule has 1 aliphatic rings. The molecule has 0 spiro atoms. The van der Waals surface area contributed by atoms with E-state index in [1.54, 1.807) is 0 Å². The quantitative estimate of drug-likeness (QED) is 0.586. The molecule has 4 nitrogen and oxygen atoms in total. The van der Waals surface area contributed by atoms with Crippen LogP contribution in [0.2, 0.25) is 0 Å². The zero-order valence-electron chi connectivity index (χ0n) is 8.59. The van der Waals surface area contributed by atoms with Gasteiger partial charge in [-0.15, -0.1) is 0 Å². The third kappa shape index (κ3) is 2.62. The van der Waals surface area contributed by atoms with E-state index in [4.69, 9.17) is 4.74 Å². The average Bonchev–Trinajstić information content (AvgIpc) is 2.30. The van der Waals surface area contributed by atoms with Gasteiger partial charge in [0.2, 0.25) is 0 Å². The van der Waals surface area contributed by atoms with Gasteiger partial charge >= 0.3 is 0 Å². The molecule has 0 N–H and O–H groups in total.